The number of hydrogen-bond donors (Lipinski definition) is 1. The average molecular weight is 298 g/mol. The zero-order chi connectivity index (χ0) is 12.4. The van der Waals surface area contributed by atoms with Gasteiger partial charge in [0.05, 0.1) is 5.70 Å². The molecule has 4 nitrogen and oxygen atoms in total. The Morgan fingerprint density at radius 1 is 1.35 bits per heavy atom. The molecule has 2 amide bonds. The van der Waals surface area contributed by atoms with E-state index in [1.807, 2.05) is 0 Å². The zero-order valence-electron chi connectivity index (χ0n) is 8.54. The Labute approximate surface area is 105 Å². The molecule has 0 spiro atoms. The van der Waals surface area contributed by atoms with E-state index < -0.39 is 17.6 Å². The molecule has 87 valence electrons. The van der Waals surface area contributed by atoms with Gasteiger partial charge in [-0.3, -0.25) is 4.79 Å². The van der Waals surface area contributed by atoms with Crippen LogP contribution in [0.2, 0.25) is 0 Å². The maximum atomic E-state index is 12.7. The standard InChI is InChI=1S/C11H7BrFN2O2/c12-5-8-9(15-11(17)14-8)10(16)6-1-3-7(13)4-2-6/h1-4H,5H2,(H,14,17). The van der Waals surface area contributed by atoms with Crippen LogP contribution in [0.4, 0.5) is 9.18 Å². The summed E-state index contributed by atoms with van der Waals surface area (Å²) in [4.78, 5) is 23.0. The highest BCUT2D eigenvalue weighted by molar-refractivity contribution is 9.09. The summed E-state index contributed by atoms with van der Waals surface area (Å²) in [7, 11) is 0. The van der Waals surface area contributed by atoms with E-state index >= 15 is 0 Å². The summed E-state index contributed by atoms with van der Waals surface area (Å²) in [5, 5.41) is 6.37. The van der Waals surface area contributed by atoms with E-state index in [1.165, 1.54) is 24.3 Å². The largest absolute Gasteiger partial charge is 0.345 e. The minimum atomic E-state index is -0.565. The van der Waals surface area contributed by atoms with E-state index in [4.69, 9.17) is 0 Å². The second-order valence-electron chi connectivity index (χ2n) is 3.34. The smallest absolute Gasteiger partial charge is 0.307 e. The summed E-state index contributed by atoms with van der Waals surface area (Å²) < 4.78 is 12.7. The van der Waals surface area contributed by atoms with Crippen molar-refractivity contribution in [2.75, 3.05) is 5.33 Å². The normalized spacial score (nSPS) is 14.6. The molecule has 1 aliphatic heterocycles. The molecule has 6 heteroatoms. The second-order valence-corrected chi connectivity index (χ2v) is 3.90. The van der Waals surface area contributed by atoms with Crippen LogP contribution in [-0.4, -0.2) is 17.1 Å². The molecule has 1 heterocycles. The number of hydrogen-bond acceptors (Lipinski definition) is 2. The number of nitrogens with zero attached hydrogens (tertiary/aromatic N) is 1. The van der Waals surface area contributed by atoms with Crippen molar-refractivity contribution in [3.05, 3.63) is 47.0 Å². The van der Waals surface area contributed by atoms with Gasteiger partial charge in [0.2, 0.25) is 5.78 Å². The lowest BCUT2D eigenvalue weighted by atomic mass is 10.1. The van der Waals surface area contributed by atoms with Crippen molar-refractivity contribution >= 4 is 27.7 Å². The van der Waals surface area contributed by atoms with Crippen LogP contribution in [-0.2, 0) is 0 Å². The molecule has 0 saturated heterocycles. The van der Waals surface area contributed by atoms with Gasteiger partial charge < -0.3 is 5.32 Å². The Morgan fingerprint density at radius 3 is 2.59 bits per heavy atom. The molecule has 1 aromatic carbocycles. The first-order valence-corrected chi connectivity index (χ1v) is 5.86. The van der Waals surface area contributed by atoms with Crippen LogP contribution >= 0.6 is 15.9 Å². The number of benzene rings is 1. The molecule has 1 N–H and O–H groups in total. The molecule has 0 aromatic heterocycles. The van der Waals surface area contributed by atoms with Crippen LogP contribution in [0.5, 0.6) is 0 Å². The first kappa shape index (κ1) is 11.8. The molecule has 17 heavy (non-hydrogen) atoms. The van der Waals surface area contributed by atoms with Crippen LogP contribution in [0.25, 0.3) is 0 Å². The molecule has 0 aliphatic carbocycles. The summed E-state index contributed by atoms with van der Waals surface area (Å²) in [5.41, 5.74) is 0.780. The molecule has 0 atom stereocenters. The number of ketones is 1. The molecule has 0 saturated carbocycles. The molecule has 2 rings (SSSR count). The van der Waals surface area contributed by atoms with Crippen LogP contribution in [0, 0.1) is 5.82 Å². The average Bonchev–Trinajstić information content (AvgIpc) is 2.70. The Morgan fingerprint density at radius 2 is 2.00 bits per heavy atom. The third-order valence-electron chi connectivity index (χ3n) is 2.21. The van der Waals surface area contributed by atoms with Crippen molar-refractivity contribution in [2.24, 2.45) is 0 Å². The number of rotatable bonds is 3. The van der Waals surface area contributed by atoms with Gasteiger partial charge in [-0.25, -0.2) is 9.18 Å². The lowest BCUT2D eigenvalue weighted by Gasteiger charge is -2.01. The monoisotopic (exact) mass is 297 g/mol. The summed E-state index contributed by atoms with van der Waals surface area (Å²) >= 11 is 3.15. The maximum Gasteiger partial charge on any atom is 0.345 e. The van der Waals surface area contributed by atoms with Crippen molar-refractivity contribution in [1.29, 1.82) is 0 Å². The fraction of sp³-hybridized carbons (Fsp3) is 0.0909. The minimum Gasteiger partial charge on any atom is -0.307 e. The van der Waals surface area contributed by atoms with Gasteiger partial charge in [-0.15, -0.1) is 0 Å². The molecule has 0 unspecified atom stereocenters. The van der Waals surface area contributed by atoms with E-state index in [0.29, 0.717) is 16.6 Å². The molecule has 0 fully saturated rings. The van der Waals surface area contributed by atoms with Crippen molar-refractivity contribution in [2.45, 2.75) is 0 Å². The predicted octanol–water partition coefficient (Wildman–Crippen LogP) is 1.94. The third kappa shape index (κ3) is 2.36. The first-order chi connectivity index (χ1) is 8.11. The van der Waals surface area contributed by atoms with Gasteiger partial charge in [0.25, 0.3) is 0 Å². The van der Waals surface area contributed by atoms with E-state index in [1.54, 1.807) is 0 Å². The fourth-order valence-electron chi connectivity index (χ4n) is 1.41. The number of urea groups is 1. The van der Waals surface area contributed by atoms with Gasteiger partial charge in [0.15, 0.2) is 0 Å². The van der Waals surface area contributed by atoms with Crippen molar-refractivity contribution < 1.29 is 14.0 Å². The third-order valence-corrected chi connectivity index (χ3v) is 2.77. The number of carbonyl (C=O) groups excluding carboxylic acids is 2. The highest BCUT2D eigenvalue weighted by atomic mass is 79.9. The molecular formula is C11H7BrFN2O2. The van der Waals surface area contributed by atoms with Crippen molar-refractivity contribution in [3.63, 3.8) is 0 Å². The van der Waals surface area contributed by atoms with Crippen LogP contribution in [0.15, 0.2) is 35.7 Å². The number of amides is 2. The van der Waals surface area contributed by atoms with Gasteiger partial charge >= 0.3 is 6.03 Å². The second kappa shape index (κ2) is 4.67. The summed E-state index contributed by atoms with van der Waals surface area (Å²) in [6, 6.07) is 4.52. The minimum absolute atomic E-state index is 0.0680. The SMILES string of the molecule is O=C1[N]C(C(=O)c2ccc(F)cc2)=C(CBr)N1. The van der Waals surface area contributed by atoms with Gasteiger partial charge in [-0.2, -0.15) is 5.32 Å². The lowest BCUT2D eigenvalue weighted by Crippen LogP contribution is -2.19. The number of alkyl halides is 1. The first-order valence-electron chi connectivity index (χ1n) is 4.74. The lowest BCUT2D eigenvalue weighted by molar-refractivity contribution is 0.102. The van der Waals surface area contributed by atoms with Gasteiger partial charge in [-0.1, -0.05) is 15.9 Å². The summed E-state index contributed by atoms with van der Waals surface area (Å²) in [6.45, 7) is 0. The maximum absolute atomic E-state index is 12.7. The number of carbonyl (C=O) groups is 2. The molecule has 0 bridgehead atoms. The quantitative estimate of drug-likeness (QED) is 0.685. The summed E-state index contributed by atoms with van der Waals surface area (Å²) in [5.74, 6) is -0.827. The van der Waals surface area contributed by atoms with Crippen molar-refractivity contribution in [1.82, 2.24) is 10.6 Å². The topological polar surface area (TPSA) is 60.3 Å². The highest BCUT2D eigenvalue weighted by Gasteiger charge is 2.27. The number of Topliss-reactive ketones (excluding diaryl/α,β-unsaturated/α-hetero) is 1. The molecule has 1 radical (unpaired) electrons. The highest BCUT2D eigenvalue weighted by Crippen LogP contribution is 2.16. The van der Waals surface area contributed by atoms with E-state index in [0.717, 1.165) is 0 Å². The molecule has 1 aliphatic rings. The van der Waals surface area contributed by atoms with E-state index in [-0.39, 0.29) is 5.70 Å². The Kier molecular flexibility index (Phi) is 3.23. The molecule has 1 aromatic rings. The van der Waals surface area contributed by atoms with Crippen LogP contribution in [0.1, 0.15) is 10.4 Å². The van der Waals surface area contributed by atoms with Gasteiger partial charge in [0.1, 0.15) is 11.5 Å². The number of halogens is 2. The Hall–Kier alpha value is -1.69. The summed E-state index contributed by atoms with van der Waals surface area (Å²) in [6.07, 6.45) is 0. The predicted molar refractivity (Wildman–Crippen MR) is 62.2 cm³/mol. The van der Waals surface area contributed by atoms with Crippen LogP contribution < -0.4 is 10.6 Å². The number of allylic oxidation sites excluding steroid dienone is 2. The molecular weight excluding hydrogens is 291 g/mol. The Bertz CT molecular complexity index is 511. The van der Waals surface area contributed by atoms with Crippen molar-refractivity contribution in [3.8, 4) is 0 Å². The van der Waals surface area contributed by atoms with E-state index in [9.17, 15) is 14.0 Å². The zero-order valence-corrected chi connectivity index (χ0v) is 10.1. The van der Waals surface area contributed by atoms with Gasteiger partial charge in [0, 0.05) is 10.9 Å². The fourth-order valence-corrected chi connectivity index (χ4v) is 1.81. The van der Waals surface area contributed by atoms with Crippen LogP contribution in [0.3, 0.4) is 0 Å². The Balaban J connectivity index is 2.31. The number of nitrogens with one attached hydrogen (secondary N) is 1. The van der Waals surface area contributed by atoms with Gasteiger partial charge in [-0.05, 0) is 24.3 Å². The van der Waals surface area contributed by atoms with E-state index in [2.05, 4.69) is 26.6 Å².